The van der Waals surface area contributed by atoms with Crippen LogP contribution in [-0.2, 0) is 0 Å². The summed E-state index contributed by atoms with van der Waals surface area (Å²) >= 11 is 0. The van der Waals surface area contributed by atoms with E-state index in [1.807, 2.05) is 91.0 Å². The zero-order chi connectivity index (χ0) is 17.9. The van der Waals surface area contributed by atoms with Crippen LogP contribution < -0.4 is 0 Å². The highest BCUT2D eigenvalue weighted by Crippen LogP contribution is 2.24. The second kappa shape index (κ2) is 6.77. The van der Waals surface area contributed by atoms with E-state index in [2.05, 4.69) is 0 Å². The lowest BCUT2D eigenvalue weighted by atomic mass is 9.94. The van der Waals surface area contributed by atoms with Gasteiger partial charge in [0.05, 0.1) is 0 Å². The second-order valence-electron chi connectivity index (χ2n) is 6.13. The van der Waals surface area contributed by atoms with Gasteiger partial charge in [-0.05, 0) is 16.8 Å². The molecule has 0 radical (unpaired) electrons. The van der Waals surface area contributed by atoms with Crippen LogP contribution in [0.2, 0.25) is 0 Å². The fourth-order valence-electron chi connectivity index (χ4n) is 3.12. The number of benzene rings is 4. The van der Waals surface area contributed by atoms with Crippen LogP contribution in [-0.4, -0.2) is 11.6 Å². The Bertz CT molecular complexity index is 1100. The average molecular weight is 336 g/mol. The molecular formula is C24H16O2. The van der Waals surface area contributed by atoms with Gasteiger partial charge in [0, 0.05) is 22.3 Å². The molecule has 0 aliphatic carbocycles. The second-order valence-corrected chi connectivity index (χ2v) is 6.13. The summed E-state index contributed by atoms with van der Waals surface area (Å²) in [6.07, 6.45) is 0. The highest BCUT2D eigenvalue weighted by molar-refractivity contribution is 6.17. The Morgan fingerprint density at radius 2 is 1.12 bits per heavy atom. The van der Waals surface area contributed by atoms with E-state index >= 15 is 0 Å². The third kappa shape index (κ3) is 2.93. The van der Waals surface area contributed by atoms with E-state index in [0.29, 0.717) is 22.3 Å². The predicted octanol–water partition coefficient (Wildman–Crippen LogP) is 5.30. The van der Waals surface area contributed by atoms with Crippen molar-refractivity contribution in [2.45, 2.75) is 0 Å². The van der Waals surface area contributed by atoms with Gasteiger partial charge >= 0.3 is 0 Å². The number of hydrogen-bond donors (Lipinski definition) is 0. The maximum Gasteiger partial charge on any atom is 0.193 e. The first-order valence-electron chi connectivity index (χ1n) is 8.46. The largest absolute Gasteiger partial charge is 0.289 e. The monoisotopic (exact) mass is 336 g/mol. The zero-order valence-electron chi connectivity index (χ0n) is 14.1. The van der Waals surface area contributed by atoms with E-state index in [-0.39, 0.29) is 11.6 Å². The first kappa shape index (κ1) is 16.0. The van der Waals surface area contributed by atoms with Crippen molar-refractivity contribution >= 4 is 22.3 Å². The summed E-state index contributed by atoms with van der Waals surface area (Å²) in [6.45, 7) is 0. The number of hydrogen-bond acceptors (Lipinski definition) is 2. The van der Waals surface area contributed by atoms with Gasteiger partial charge in [0.15, 0.2) is 11.6 Å². The number of rotatable bonds is 4. The average Bonchev–Trinajstić information content (AvgIpc) is 2.73. The number of carbonyl (C=O) groups is 2. The van der Waals surface area contributed by atoms with E-state index in [0.717, 1.165) is 10.8 Å². The summed E-state index contributed by atoms with van der Waals surface area (Å²) in [5, 5.41) is 1.74. The summed E-state index contributed by atoms with van der Waals surface area (Å²) < 4.78 is 0. The van der Waals surface area contributed by atoms with E-state index in [1.54, 1.807) is 6.07 Å². The highest BCUT2D eigenvalue weighted by Gasteiger charge is 2.14. The van der Waals surface area contributed by atoms with E-state index in [9.17, 15) is 9.59 Å². The minimum atomic E-state index is -0.0210. The summed E-state index contributed by atoms with van der Waals surface area (Å²) in [6, 6.07) is 29.6. The van der Waals surface area contributed by atoms with Gasteiger partial charge < -0.3 is 0 Å². The maximum absolute atomic E-state index is 12.8. The molecule has 2 nitrogen and oxygen atoms in total. The molecule has 4 aromatic carbocycles. The summed E-state index contributed by atoms with van der Waals surface area (Å²) in [4.78, 5) is 25.5. The zero-order valence-corrected chi connectivity index (χ0v) is 14.1. The molecule has 0 saturated heterocycles. The molecule has 0 bridgehead atoms. The Balaban J connectivity index is 1.77. The van der Waals surface area contributed by atoms with Crippen LogP contribution in [0.25, 0.3) is 10.8 Å². The van der Waals surface area contributed by atoms with Crippen LogP contribution in [0.4, 0.5) is 0 Å². The fourth-order valence-corrected chi connectivity index (χ4v) is 3.12. The van der Waals surface area contributed by atoms with Crippen molar-refractivity contribution in [3.63, 3.8) is 0 Å². The lowest BCUT2D eigenvalue weighted by Gasteiger charge is -2.08. The molecule has 0 N–H and O–H groups in total. The van der Waals surface area contributed by atoms with Crippen molar-refractivity contribution in [2.24, 2.45) is 0 Å². The molecule has 0 spiro atoms. The molecular weight excluding hydrogens is 320 g/mol. The van der Waals surface area contributed by atoms with Crippen LogP contribution in [0.1, 0.15) is 31.8 Å². The molecule has 2 heteroatoms. The topological polar surface area (TPSA) is 34.1 Å². The Kier molecular flexibility index (Phi) is 4.16. The smallest absolute Gasteiger partial charge is 0.193 e. The predicted molar refractivity (Wildman–Crippen MR) is 104 cm³/mol. The molecule has 0 aromatic heterocycles. The SMILES string of the molecule is O=C(c1ccccc1)c1ccc2c(C(=O)c3ccccc3)cccc2c1. The Morgan fingerprint density at radius 1 is 0.500 bits per heavy atom. The maximum atomic E-state index is 12.8. The Labute approximate surface area is 151 Å². The van der Waals surface area contributed by atoms with Gasteiger partial charge in [0.1, 0.15) is 0 Å². The number of fused-ring (bicyclic) bond motifs is 1. The number of carbonyl (C=O) groups excluding carboxylic acids is 2. The normalized spacial score (nSPS) is 10.6. The van der Waals surface area contributed by atoms with E-state index < -0.39 is 0 Å². The fraction of sp³-hybridized carbons (Fsp3) is 0. The molecule has 26 heavy (non-hydrogen) atoms. The molecule has 0 unspecified atom stereocenters. The van der Waals surface area contributed by atoms with Gasteiger partial charge in [-0.15, -0.1) is 0 Å². The van der Waals surface area contributed by atoms with Gasteiger partial charge in [-0.3, -0.25) is 9.59 Å². The standard InChI is InChI=1S/C24H16O2/c25-23(17-8-3-1-4-9-17)20-14-15-21-19(16-20)12-7-13-22(21)24(26)18-10-5-2-6-11-18/h1-16H. The number of ketones is 2. The highest BCUT2D eigenvalue weighted by atomic mass is 16.1. The molecule has 0 heterocycles. The van der Waals surface area contributed by atoms with Gasteiger partial charge in [-0.25, -0.2) is 0 Å². The van der Waals surface area contributed by atoms with Gasteiger partial charge in [0.25, 0.3) is 0 Å². The molecule has 0 aliphatic rings. The van der Waals surface area contributed by atoms with E-state index in [1.165, 1.54) is 0 Å². The molecule has 4 rings (SSSR count). The third-order valence-corrected chi connectivity index (χ3v) is 4.46. The van der Waals surface area contributed by atoms with Crippen LogP contribution in [0.15, 0.2) is 97.1 Å². The quantitative estimate of drug-likeness (QED) is 0.474. The molecule has 0 aliphatic heterocycles. The first-order chi connectivity index (χ1) is 12.7. The summed E-state index contributed by atoms with van der Waals surface area (Å²) in [5.41, 5.74) is 2.58. The minimum absolute atomic E-state index is 0.0154. The molecule has 0 amide bonds. The van der Waals surface area contributed by atoms with Crippen molar-refractivity contribution in [3.05, 3.63) is 119 Å². The Hall–Kier alpha value is -3.52. The third-order valence-electron chi connectivity index (χ3n) is 4.46. The summed E-state index contributed by atoms with van der Waals surface area (Å²) in [7, 11) is 0. The lowest BCUT2D eigenvalue weighted by Crippen LogP contribution is -2.03. The molecule has 0 saturated carbocycles. The van der Waals surface area contributed by atoms with Crippen molar-refractivity contribution in [1.29, 1.82) is 0 Å². The minimum Gasteiger partial charge on any atom is -0.289 e. The lowest BCUT2D eigenvalue weighted by molar-refractivity contribution is 0.103. The van der Waals surface area contributed by atoms with Crippen LogP contribution in [0, 0.1) is 0 Å². The molecule has 0 fully saturated rings. The van der Waals surface area contributed by atoms with Crippen LogP contribution in [0.5, 0.6) is 0 Å². The van der Waals surface area contributed by atoms with Gasteiger partial charge in [-0.1, -0.05) is 91.0 Å². The van der Waals surface area contributed by atoms with E-state index in [4.69, 9.17) is 0 Å². The van der Waals surface area contributed by atoms with Gasteiger partial charge in [-0.2, -0.15) is 0 Å². The first-order valence-corrected chi connectivity index (χ1v) is 8.46. The van der Waals surface area contributed by atoms with Crippen molar-refractivity contribution in [2.75, 3.05) is 0 Å². The van der Waals surface area contributed by atoms with Gasteiger partial charge in [0.2, 0.25) is 0 Å². The Morgan fingerprint density at radius 3 is 1.77 bits per heavy atom. The van der Waals surface area contributed by atoms with Crippen LogP contribution in [0.3, 0.4) is 0 Å². The molecule has 4 aromatic rings. The summed E-state index contributed by atoms with van der Waals surface area (Å²) in [5.74, 6) is -0.0365. The molecule has 0 atom stereocenters. The molecule has 124 valence electrons. The van der Waals surface area contributed by atoms with Crippen molar-refractivity contribution < 1.29 is 9.59 Å². The van der Waals surface area contributed by atoms with Crippen molar-refractivity contribution in [1.82, 2.24) is 0 Å². The van der Waals surface area contributed by atoms with Crippen LogP contribution >= 0.6 is 0 Å². The van der Waals surface area contributed by atoms with Crippen molar-refractivity contribution in [3.8, 4) is 0 Å².